The highest BCUT2D eigenvalue weighted by Gasteiger charge is 2.12. The lowest BCUT2D eigenvalue weighted by Gasteiger charge is -2.12. The molecule has 0 saturated heterocycles. The maximum absolute atomic E-state index is 13.7. The molecule has 0 aliphatic heterocycles. The lowest BCUT2D eigenvalue weighted by atomic mass is 9.95. The van der Waals surface area contributed by atoms with Crippen LogP contribution in [-0.4, -0.2) is 24.7 Å². The molecule has 152 valence electrons. The Bertz CT molecular complexity index is 1130. The van der Waals surface area contributed by atoms with Gasteiger partial charge in [-0.25, -0.2) is 14.4 Å². The van der Waals surface area contributed by atoms with Crippen molar-refractivity contribution in [2.45, 2.75) is 32.6 Å². The van der Waals surface area contributed by atoms with Crippen molar-refractivity contribution in [3.8, 4) is 11.1 Å². The van der Waals surface area contributed by atoms with Crippen molar-refractivity contribution in [3.05, 3.63) is 95.3 Å². The van der Waals surface area contributed by atoms with Crippen LogP contribution in [0.3, 0.4) is 0 Å². The second-order valence-electron chi connectivity index (χ2n) is 7.36. The van der Waals surface area contributed by atoms with Crippen LogP contribution in [-0.2, 0) is 32.7 Å². The fourth-order valence-electron chi connectivity index (χ4n) is 3.59. The summed E-state index contributed by atoms with van der Waals surface area (Å²) in [5, 5.41) is 4.19. The SMILES string of the molecule is CCc1cc(F)ccc1-c1cccnc1Cc1cnc(CCc2cnn(C)c2)nc1. The molecule has 0 amide bonds. The van der Waals surface area contributed by atoms with E-state index in [0.29, 0.717) is 6.42 Å². The third kappa shape index (κ3) is 4.59. The number of aryl methyl sites for hydroxylation is 4. The third-order valence-corrected chi connectivity index (χ3v) is 5.15. The maximum atomic E-state index is 13.7. The lowest BCUT2D eigenvalue weighted by Crippen LogP contribution is -2.02. The molecular formula is C24H24FN5. The van der Waals surface area contributed by atoms with Crippen LogP contribution in [0.2, 0.25) is 0 Å². The van der Waals surface area contributed by atoms with Gasteiger partial charge < -0.3 is 0 Å². The molecule has 3 aromatic heterocycles. The van der Waals surface area contributed by atoms with Gasteiger partial charge in [-0.05, 0) is 53.3 Å². The number of aromatic nitrogens is 5. The van der Waals surface area contributed by atoms with E-state index < -0.39 is 0 Å². The van der Waals surface area contributed by atoms with Gasteiger partial charge in [-0.2, -0.15) is 5.10 Å². The second kappa shape index (κ2) is 8.95. The van der Waals surface area contributed by atoms with Crippen molar-refractivity contribution < 1.29 is 4.39 Å². The molecule has 0 N–H and O–H groups in total. The number of nitrogens with zero attached hydrogens (tertiary/aromatic N) is 5. The maximum Gasteiger partial charge on any atom is 0.128 e. The van der Waals surface area contributed by atoms with Gasteiger partial charge in [-0.3, -0.25) is 9.67 Å². The zero-order valence-corrected chi connectivity index (χ0v) is 17.2. The first-order chi connectivity index (χ1) is 14.6. The summed E-state index contributed by atoms with van der Waals surface area (Å²) in [7, 11) is 1.91. The summed E-state index contributed by atoms with van der Waals surface area (Å²) in [6.07, 6.45) is 12.4. The Hall–Kier alpha value is -3.41. The zero-order chi connectivity index (χ0) is 20.9. The average Bonchev–Trinajstić information content (AvgIpc) is 3.19. The average molecular weight is 401 g/mol. The summed E-state index contributed by atoms with van der Waals surface area (Å²) in [6.45, 7) is 2.03. The van der Waals surface area contributed by atoms with Crippen molar-refractivity contribution in [2.24, 2.45) is 7.05 Å². The summed E-state index contributed by atoms with van der Waals surface area (Å²) in [5.41, 5.74) is 6.14. The molecule has 5 nitrogen and oxygen atoms in total. The Balaban J connectivity index is 1.51. The van der Waals surface area contributed by atoms with E-state index in [2.05, 4.69) is 20.1 Å². The highest BCUT2D eigenvalue weighted by Crippen LogP contribution is 2.28. The molecule has 0 radical (unpaired) electrons. The molecule has 0 atom stereocenters. The molecule has 0 saturated carbocycles. The Morgan fingerprint density at radius 2 is 1.77 bits per heavy atom. The van der Waals surface area contributed by atoms with Crippen molar-refractivity contribution in [3.63, 3.8) is 0 Å². The summed E-state index contributed by atoms with van der Waals surface area (Å²) in [6, 6.07) is 8.90. The topological polar surface area (TPSA) is 56.5 Å². The third-order valence-electron chi connectivity index (χ3n) is 5.15. The van der Waals surface area contributed by atoms with E-state index in [1.54, 1.807) is 16.9 Å². The van der Waals surface area contributed by atoms with Crippen molar-refractivity contribution in [2.75, 3.05) is 0 Å². The van der Waals surface area contributed by atoms with E-state index in [1.807, 2.05) is 57.0 Å². The van der Waals surface area contributed by atoms with Gasteiger partial charge in [0.05, 0.1) is 11.9 Å². The molecule has 0 aliphatic rings. The van der Waals surface area contributed by atoms with E-state index in [-0.39, 0.29) is 5.82 Å². The molecule has 30 heavy (non-hydrogen) atoms. The van der Waals surface area contributed by atoms with Crippen LogP contribution in [0.25, 0.3) is 11.1 Å². The van der Waals surface area contributed by atoms with Crippen LogP contribution in [0.1, 0.15) is 35.1 Å². The van der Waals surface area contributed by atoms with Crippen LogP contribution in [0.15, 0.2) is 61.3 Å². The molecule has 0 unspecified atom stereocenters. The normalized spacial score (nSPS) is 11.0. The molecule has 6 heteroatoms. The number of hydrogen-bond acceptors (Lipinski definition) is 4. The smallest absolute Gasteiger partial charge is 0.128 e. The van der Waals surface area contributed by atoms with Crippen LogP contribution in [0.4, 0.5) is 4.39 Å². The minimum atomic E-state index is -0.212. The summed E-state index contributed by atoms with van der Waals surface area (Å²) >= 11 is 0. The van der Waals surface area contributed by atoms with Crippen molar-refractivity contribution in [1.82, 2.24) is 24.7 Å². The largest absolute Gasteiger partial charge is 0.276 e. The van der Waals surface area contributed by atoms with Gasteiger partial charge in [0.2, 0.25) is 0 Å². The molecule has 0 fully saturated rings. The van der Waals surface area contributed by atoms with E-state index >= 15 is 0 Å². The van der Waals surface area contributed by atoms with Gasteiger partial charge >= 0.3 is 0 Å². The molecule has 0 bridgehead atoms. The van der Waals surface area contributed by atoms with Crippen LogP contribution in [0, 0.1) is 5.82 Å². The fraction of sp³-hybridized carbons (Fsp3) is 0.250. The molecule has 3 heterocycles. The second-order valence-corrected chi connectivity index (χ2v) is 7.36. The Morgan fingerprint density at radius 3 is 2.50 bits per heavy atom. The lowest BCUT2D eigenvalue weighted by molar-refractivity contribution is 0.626. The zero-order valence-electron chi connectivity index (χ0n) is 17.2. The van der Waals surface area contributed by atoms with Crippen LogP contribution >= 0.6 is 0 Å². The van der Waals surface area contributed by atoms with Gasteiger partial charge in [0.1, 0.15) is 11.6 Å². The fourth-order valence-corrected chi connectivity index (χ4v) is 3.59. The van der Waals surface area contributed by atoms with E-state index in [0.717, 1.165) is 53.0 Å². The Morgan fingerprint density at radius 1 is 0.933 bits per heavy atom. The first kappa shape index (κ1) is 19.9. The monoisotopic (exact) mass is 401 g/mol. The van der Waals surface area contributed by atoms with Crippen LogP contribution in [0.5, 0.6) is 0 Å². The minimum absolute atomic E-state index is 0.212. The summed E-state index contributed by atoms with van der Waals surface area (Å²) in [4.78, 5) is 13.6. The predicted octanol–water partition coefficient (Wildman–Crippen LogP) is 4.35. The number of pyridine rings is 1. The van der Waals surface area contributed by atoms with E-state index in [9.17, 15) is 4.39 Å². The van der Waals surface area contributed by atoms with Gasteiger partial charge in [0.15, 0.2) is 0 Å². The van der Waals surface area contributed by atoms with Gasteiger partial charge in [-0.15, -0.1) is 0 Å². The van der Waals surface area contributed by atoms with Crippen molar-refractivity contribution >= 4 is 0 Å². The van der Waals surface area contributed by atoms with E-state index in [1.165, 1.54) is 11.6 Å². The first-order valence-corrected chi connectivity index (χ1v) is 10.1. The molecular weight excluding hydrogens is 377 g/mol. The van der Waals surface area contributed by atoms with E-state index in [4.69, 9.17) is 0 Å². The van der Waals surface area contributed by atoms with Gasteiger partial charge in [0.25, 0.3) is 0 Å². The number of benzene rings is 1. The minimum Gasteiger partial charge on any atom is -0.276 e. The highest BCUT2D eigenvalue weighted by molar-refractivity contribution is 5.70. The summed E-state index contributed by atoms with van der Waals surface area (Å²) < 4.78 is 15.5. The molecule has 4 aromatic rings. The molecule has 4 rings (SSSR count). The van der Waals surface area contributed by atoms with Gasteiger partial charge in [0, 0.05) is 50.2 Å². The number of rotatable bonds is 7. The summed E-state index contributed by atoms with van der Waals surface area (Å²) in [5.74, 6) is 0.604. The van der Waals surface area contributed by atoms with Crippen molar-refractivity contribution in [1.29, 1.82) is 0 Å². The standard InChI is InChI=1S/C24H24FN5/c1-3-19-12-20(25)7-8-21(19)22-5-4-10-26-23(22)11-18-13-27-24(28-14-18)9-6-17-15-29-30(2)16-17/h4-5,7-8,10,12-16H,3,6,9,11H2,1-2H3. The number of hydrogen-bond donors (Lipinski definition) is 0. The quantitative estimate of drug-likeness (QED) is 0.462. The number of halogens is 1. The Kier molecular flexibility index (Phi) is 5.93. The first-order valence-electron chi connectivity index (χ1n) is 10.1. The van der Waals surface area contributed by atoms with Gasteiger partial charge in [-0.1, -0.05) is 19.1 Å². The Labute approximate surface area is 175 Å². The highest BCUT2D eigenvalue weighted by atomic mass is 19.1. The molecule has 1 aromatic carbocycles. The van der Waals surface area contributed by atoms with Crippen LogP contribution < -0.4 is 0 Å². The molecule has 0 aliphatic carbocycles. The predicted molar refractivity (Wildman–Crippen MR) is 114 cm³/mol. The molecule has 0 spiro atoms.